The maximum Gasteiger partial charge on any atom is 0.309 e. The van der Waals surface area contributed by atoms with Crippen molar-refractivity contribution in [3.63, 3.8) is 0 Å². The number of esters is 1. The molecule has 0 aromatic heterocycles. The highest BCUT2D eigenvalue weighted by Gasteiger charge is 2.40. The van der Waals surface area contributed by atoms with Crippen LogP contribution in [-0.4, -0.2) is 25.1 Å². The minimum absolute atomic E-state index is 0.0285. The van der Waals surface area contributed by atoms with Crippen molar-refractivity contribution in [2.75, 3.05) is 13.1 Å². The number of hydrogen-bond acceptors (Lipinski definition) is 4. The number of ether oxygens (including phenoxy) is 1. The molecule has 2 fully saturated rings. The summed E-state index contributed by atoms with van der Waals surface area (Å²) in [6.07, 6.45) is 5.40. The van der Waals surface area contributed by atoms with Crippen molar-refractivity contribution in [3.05, 3.63) is 35.9 Å². The molecule has 3 rings (SSSR count). The van der Waals surface area contributed by atoms with E-state index in [1.54, 1.807) is 0 Å². The van der Waals surface area contributed by atoms with Crippen LogP contribution in [0.3, 0.4) is 0 Å². The Hall–Kier alpha value is -1.39. The van der Waals surface area contributed by atoms with E-state index in [1.165, 1.54) is 0 Å². The smallest absolute Gasteiger partial charge is 0.309 e. The summed E-state index contributed by atoms with van der Waals surface area (Å²) >= 11 is 0. The van der Waals surface area contributed by atoms with Crippen LogP contribution in [0.1, 0.15) is 44.1 Å². The Kier molecular flexibility index (Phi) is 4.79. The summed E-state index contributed by atoms with van der Waals surface area (Å²) in [4.78, 5) is 12.7. The number of rotatable bonds is 3. The van der Waals surface area contributed by atoms with Crippen LogP contribution < -0.4 is 11.1 Å². The number of nitrogens with one attached hydrogen (secondary N) is 1. The molecule has 0 spiro atoms. The van der Waals surface area contributed by atoms with Crippen LogP contribution in [0.15, 0.2) is 30.3 Å². The van der Waals surface area contributed by atoms with Gasteiger partial charge in [0.05, 0.1) is 5.92 Å². The molecule has 2 atom stereocenters. The number of piperidine rings is 1. The van der Waals surface area contributed by atoms with Crippen molar-refractivity contribution in [2.24, 2.45) is 11.7 Å². The summed E-state index contributed by atoms with van der Waals surface area (Å²) in [7, 11) is 0. The number of nitrogens with two attached hydrogens (primary N) is 1. The van der Waals surface area contributed by atoms with Gasteiger partial charge in [0.2, 0.25) is 0 Å². The molecule has 1 heterocycles. The van der Waals surface area contributed by atoms with E-state index in [-0.39, 0.29) is 17.9 Å². The van der Waals surface area contributed by atoms with Crippen LogP contribution in [0.5, 0.6) is 0 Å². The third-order valence-corrected chi connectivity index (χ3v) is 5.06. The molecule has 4 nitrogen and oxygen atoms in total. The standard InChI is InChI=1S/C18H26N2O2/c19-16-8-4-5-14(13-16)17(21)22-18(9-11-20-12-10-18)15-6-2-1-3-7-15/h1-3,6-7,14,16,20H,4-5,8-13,19H2. The minimum atomic E-state index is -0.467. The Bertz CT molecular complexity index is 497. The van der Waals surface area contributed by atoms with Gasteiger partial charge in [-0.3, -0.25) is 4.79 Å². The molecule has 1 saturated carbocycles. The molecule has 1 saturated heterocycles. The highest BCUT2D eigenvalue weighted by molar-refractivity contribution is 5.73. The highest BCUT2D eigenvalue weighted by atomic mass is 16.6. The molecule has 0 bridgehead atoms. The molecule has 3 N–H and O–H groups in total. The van der Waals surface area contributed by atoms with Gasteiger partial charge in [0.15, 0.2) is 0 Å². The summed E-state index contributed by atoms with van der Waals surface area (Å²) in [5.41, 5.74) is 6.67. The predicted octanol–water partition coefficient (Wildman–Crippen LogP) is 2.33. The minimum Gasteiger partial charge on any atom is -0.454 e. The Labute approximate surface area is 132 Å². The lowest BCUT2D eigenvalue weighted by molar-refractivity contribution is -0.170. The highest BCUT2D eigenvalue weighted by Crippen LogP contribution is 2.37. The Balaban J connectivity index is 1.77. The Morgan fingerprint density at radius 3 is 2.59 bits per heavy atom. The van der Waals surface area contributed by atoms with Crippen molar-refractivity contribution in [3.8, 4) is 0 Å². The molecular formula is C18H26N2O2. The first kappa shape index (κ1) is 15.5. The topological polar surface area (TPSA) is 64.4 Å². The van der Waals surface area contributed by atoms with Gasteiger partial charge in [0, 0.05) is 18.9 Å². The average molecular weight is 302 g/mol. The molecule has 2 unspecified atom stereocenters. The van der Waals surface area contributed by atoms with Crippen LogP contribution in [0.25, 0.3) is 0 Å². The molecule has 1 aliphatic carbocycles. The van der Waals surface area contributed by atoms with Gasteiger partial charge in [0.1, 0.15) is 5.60 Å². The molecule has 4 heteroatoms. The van der Waals surface area contributed by atoms with Gasteiger partial charge in [0.25, 0.3) is 0 Å². The van der Waals surface area contributed by atoms with Gasteiger partial charge in [-0.25, -0.2) is 0 Å². The lowest BCUT2D eigenvalue weighted by atomic mass is 9.83. The fourth-order valence-electron chi connectivity index (χ4n) is 3.74. The summed E-state index contributed by atoms with van der Waals surface area (Å²) in [6.45, 7) is 1.76. The zero-order chi connectivity index (χ0) is 15.4. The van der Waals surface area contributed by atoms with E-state index in [2.05, 4.69) is 17.4 Å². The SMILES string of the molecule is NC1CCCC(C(=O)OC2(c3ccccc3)CCNCC2)C1. The number of hydrogen-bond donors (Lipinski definition) is 2. The molecule has 1 aliphatic heterocycles. The normalized spacial score (nSPS) is 28.0. The van der Waals surface area contributed by atoms with Crippen LogP contribution in [0, 0.1) is 5.92 Å². The second-order valence-corrected chi connectivity index (χ2v) is 6.66. The van der Waals surface area contributed by atoms with E-state index in [1.807, 2.05) is 18.2 Å². The van der Waals surface area contributed by atoms with Crippen molar-refractivity contribution in [2.45, 2.75) is 50.2 Å². The molecule has 0 amide bonds. The quantitative estimate of drug-likeness (QED) is 0.841. The van der Waals surface area contributed by atoms with Crippen molar-refractivity contribution >= 4 is 5.97 Å². The molecule has 0 radical (unpaired) electrons. The largest absolute Gasteiger partial charge is 0.454 e. The lowest BCUT2D eigenvalue weighted by Crippen LogP contribution is -2.45. The zero-order valence-corrected chi connectivity index (χ0v) is 13.1. The fraction of sp³-hybridized carbons (Fsp3) is 0.611. The Morgan fingerprint density at radius 2 is 1.91 bits per heavy atom. The average Bonchev–Trinajstić information content (AvgIpc) is 2.56. The van der Waals surface area contributed by atoms with Gasteiger partial charge < -0.3 is 15.8 Å². The molecule has 120 valence electrons. The van der Waals surface area contributed by atoms with Crippen LogP contribution >= 0.6 is 0 Å². The first-order valence-corrected chi connectivity index (χ1v) is 8.44. The van der Waals surface area contributed by atoms with Crippen molar-refractivity contribution < 1.29 is 9.53 Å². The summed E-state index contributed by atoms with van der Waals surface area (Å²) < 4.78 is 6.12. The summed E-state index contributed by atoms with van der Waals surface area (Å²) in [6, 6.07) is 10.3. The number of benzene rings is 1. The number of carbonyl (C=O) groups is 1. The summed E-state index contributed by atoms with van der Waals surface area (Å²) in [5.74, 6) is -0.0832. The van der Waals surface area contributed by atoms with Crippen LogP contribution in [0.2, 0.25) is 0 Å². The van der Waals surface area contributed by atoms with E-state index >= 15 is 0 Å². The van der Waals surface area contributed by atoms with Gasteiger partial charge in [-0.05, 0) is 37.9 Å². The predicted molar refractivity (Wildman–Crippen MR) is 86.2 cm³/mol. The monoisotopic (exact) mass is 302 g/mol. The van der Waals surface area contributed by atoms with Crippen LogP contribution in [0.4, 0.5) is 0 Å². The summed E-state index contributed by atoms with van der Waals surface area (Å²) in [5, 5.41) is 3.36. The molecule has 22 heavy (non-hydrogen) atoms. The van der Waals surface area contributed by atoms with Gasteiger partial charge in [-0.2, -0.15) is 0 Å². The van der Waals surface area contributed by atoms with Crippen LogP contribution in [-0.2, 0) is 15.1 Å². The first-order valence-electron chi connectivity index (χ1n) is 8.44. The second kappa shape index (κ2) is 6.80. The molecular weight excluding hydrogens is 276 g/mol. The van der Waals surface area contributed by atoms with E-state index in [4.69, 9.17) is 10.5 Å². The third-order valence-electron chi connectivity index (χ3n) is 5.06. The van der Waals surface area contributed by atoms with Gasteiger partial charge >= 0.3 is 5.97 Å². The van der Waals surface area contributed by atoms with E-state index in [9.17, 15) is 4.79 Å². The zero-order valence-electron chi connectivity index (χ0n) is 13.1. The second-order valence-electron chi connectivity index (χ2n) is 6.66. The van der Waals surface area contributed by atoms with E-state index in [0.29, 0.717) is 0 Å². The Morgan fingerprint density at radius 1 is 1.18 bits per heavy atom. The van der Waals surface area contributed by atoms with Crippen molar-refractivity contribution in [1.82, 2.24) is 5.32 Å². The third kappa shape index (κ3) is 3.33. The maximum atomic E-state index is 12.7. The van der Waals surface area contributed by atoms with E-state index in [0.717, 1.165) is 57.2 Å². The van der Waals surface area contributed by atoms with Gasteiger partial charge in [-0.15, -0.1) is 0 Å². The fourth-order valence-corrected chi connectivity index (χ4v) is 3.74. The number of carbonyl (C=O) groups excluding carboxylic acids is 1. The van der Waals surface area contributed by atoms with Gasteiger partial charge in [-0.1, -0.05) is 36.8 Å². The maximum absolute atomic E-state index is 12.7. The molecule has 1 aromatic carbocycles. The first-order chi connectivity index (χ1) is 10.7. The molecule has 1 aromatic rings. The van der Waals surface area contributed by atoms with E-state index < -0.39 is 5.60 Å². The lowest BCUT2D eigenvalue weighted by Gasteiger charge is -2.39. The van der Waals surface area contributed by atoms with Crippen molar-refractivity contribution in [1.29, 1.82) is 0 Å². The molecule has 2 aliphatic rings.